The summed E-state index contributed by atoms with van der Waals surface area (Å²) >= 11 is 6.10. The first-order chi connectivity index (χ1) is 9.32. The Hall–Kier alpha value is -1.02. The first-order valence-corrected chi connectivity index (χ1v) is 7.50. The van der Waals surface area contributed by atoms with Crippen molar-refractivity contribution in [3.63, 3.8) is 0 Å². The minimum Gasteiger partial charge on any atom is -0.464 e. The molecule has 0 unspecified atom stereocenters. The van der Waals surface area contributed by atoms with Gasteiger partial charge in [-0.3, -0.25) is 4.79 Å². The summed E-state index contributed by atoms with van der Waals surface area (Å²) in [6.45, 7) is 11.9. The standard InChI is InChI=1S/C17H27ClO2/c1-13(2)8-6-9-14(3)10-7-11-15(4)17(18)12-20-16(5)19/h8,10,17H,4,6-7,9,11-12H2,1-3,5H3/b14-10+/t17-/m0/s1. The lowest BCUT2D eigenvalue weighted by Crippen LogP contribution is -2.13. The number of allylic oxidation sites excluding steroid dienone is 4. The number of carbonyl (C=O) groups excluding carboxylic acids is 1. The monoisotopic (exact) mass is 298 g/mol. The molecule has 20 heavy (non-hydrogen) atoms. The van der Waals surface area contributed by atoms with Crippen LogP contribution in [0.15, 0.2) is 35.5 Å². The molecule has 2 nitrogen and oxygen atoms in total. The van der Waals surface area contributed by atoms with Gasteiger partial charge in [0, 0.05) is 6.92 Å². The fourth-order valence-corrected chi connectivity index (χ4v) is 1.83. The lowest BCUT2D eigenvalue weighted by atomic mass is 10.1. The largest absolute Gasteiger partial charge is 0.464 e. The Morgan fingerprint density at radius 2 is 1.75 bits per heavy atom. The van der Waals surface area contributed by atoms with Gasteiger partial charge in [0.25, 0.3) is 0 Å². The van der Waals surface area contributed by atoms with Crippen molar-refractivity contribution in [1.82, 2.24) is 0 Å². The number of carbonyl (C=O) groups is 1. The van der Waals surface area contributed by atoms with Crippen LogP contribution in [0.4, 0.5) is 0 Å². The van der Waals surface area contributed by atoms with Crippen molar-refractivity contribution in [3.8, 4) is 0 Å². The number of hydrogen-bond donors (Lipinski definition) is 0. The third-order valence-electron chi connectivity index (χ3n) is 2.93. The summed E-state index contributed by atoms with van der Waals surface area (Å²) in [5, 5.41) is -0.293. The number of rotatable bonds is 9. The third kappa shape index (κ3) is 10.9. The molecule has 0 spiro atoms. The molecular weight excluding hydrogens is 272 g/mol. The smallest absolute Gasteiger partial charge is 0.302 e. The molecule has 0 amide bonds. The van der Waals surface area contributed by atoms with Crippen LogP contribution in [-0.2, 0) is 9.53 Å². The highest BCUT2D eigenvalue weighted by atomic mass is 35.5. The zero-order valence-electron chi connectivity index (χ0n) is 13.2. The van der Waals surface area contributed by atoms with Crippen LogP contribution >= 0.6 is 11.6 Å². The van der Waals surface area contributed by atoms with Crippen LogP contribution in [-0.4, -0.2) is 18.0 Å². The number of alkyl halides is 1. The lowest BCUT2D eigenvalue weighted by molar-refractivity contribution is -0.140. The van der Waals surface area contributed by atoms with Crippen LogP contribution in [0.5, 0.6) is 0 Å². The van der Waals surface area contributed by atoms with Crippen LogP contribution < -0.4 is 0 Å². The predicted molar refractivity (Wildman–Crippen MR) is 87.1 cm³/mol. The van der Waals surface area contributed by atoms with E-state index in [1.807, 2.05) is 0 Å². The van der Waals surface area contributed by atoms with Crippen LogP contribution in [0.1, 0.15) is 53.4 Å². The van der Waals surface area contributed by atoms with Gasteiger partial charge in [-0.05, 0) is 46.5 Å². The molecule has 114 valence electrons. The average Bonchev–Trinajstić information content (AvgIpc) is 2.35. The van der Waals surface area contributed by atoms with Crippen molar-refractivity contribution < 1.29 is 9.53 Å². The zero-order valence-corrected chi connectivity index (χ0v) is 13.9. The van der Waals surface area contributed by atoms with Gasteiger partial charge >= 0.3 is 5.97 Å². The molecule has 0 aromatic carbocycles. The Bertz CT molecular complexity index is 376. The van der Waals surface area contributed by atoms with Gasteiger partial charge in [-0.15, -0.1) is 11.6 Å². The van der Waals surface area contributed by atoms with Gasteiger partial charge in [-0.25, -0.2) is 0 Å². The second-order valence-corrected chi connectivity index (χ2v) is 5.86. The Balaban J connectivity index is 3.93. The fourth-order valence-electron chi connectivity index (χ4n) is 1.66. The van der Waals surface area contributed by atoms with Crippen molar-refractivity contribution in [2.45, 2.75) is 58.8 Å². The first kappa shape index (κ1) is 19.0. The van der Waals surface area contributed by atoms with E-state index in [0.29, 0.717) is 0 Å². The molecule has 0 radical (unpaired) electrons. The number of ether oxygens (including phenoxy) is 1. The van der Waals surface area contributed by atoms with E-state index in [-0.39, 0.29) is 18.0 Å². The van der Waals surface area contributed by atoms with Gasteiger partial charge in [0.1, 0.15) is 6.61 Å². The molecule has 0 rings (SSSR count). The van der Waals surface area contributed by atoms with Crippen LogP contribution in [0, 0.1) is 0 Å². The molecule has 0 heterocycles. The van der Waals surface area contributed by atoms with Gasteiger partial charge in [0.2, 0.25) is 0 Å². The molecule has 0 aliphatic heterocycles. The summed E-state index contributed by atoms with van der Waals surface area (Å²) in [6, 6.07) is 0. The summed E-state index contributed by atoms with van der Waals surface area (Å²) in [7, 11) is 0. The highest BCUT2D eigenvalue weighted by molar-refractivity contribution is 6.22. The second kappa shape index (κ2) is 10.7. The van der Waals surface area contributed by atoms with Gasteiger partial charge in [0.05, 0.1) is 5.38 Å². The number of esters is 1. The highest BCUT2D eigenvalue weighted by Gasteiger charge is 2.10. The molecule has 0 bridgehead atoms. The van der Waals surface area contributed by atoms with Crippen LogP contribution in [0.25, 0.3) is 0 Å². The van der Waals surface area contributed by atoms with E-state index in [1.165, 1.54) is 18.1 Å². The van der Waals surface area contributed by atoms with E-state index in [4.69, 9.17) is 16.3 Å². The molecule has 0 N–H and O–H groups in total. The molecule has 0 aliphatic rings. The number of hydrogen-bond acceptors (Lipinski definition) is 2. The lowest BCUT2D eigenvalue weighted by Gasteiger charge is -2.11. The van der Waals surface area contributed by atoms with Gasteiger partial charge < -0.3 is 4.74 Å². The fraction of sp³-hybridized carbons (Fsp3) is 0.588. The van der Waals surface area contributed by atoms with E-state index in [2.05, 4.69) is 39.5 Å². The summed E-state index contributed by atoms with van der Waals surface area (Å²) in [5.41, 5.74) is 3.67. The molecule has 0 aromatic heterocycles. The van der Waals surface area contributed by atoms with Gasteiger partial charge in [0.15, 0.2) is 0 Å². The molecule has 0 aromatic rings. The maximum absolute atomic E-state index is 10.7. The Morgan fingerprint density at radius 3 is 2.30 bits per heavy atom. The summed E-state index contributed by atoms with van der Waals surface area (Å²) < 4.78 is 4.87. The highest BCUT2D eigenvalue weighted by Crippen LogP contribution is 2.16. The quantitative estimate of drug-likeness (QED) is 0.333. The third-order valence-corrected chi connectivity index (χ3v) is 3.36. The Kier molecular flexibility index (Phi) is 10.2. The van der Waals surface area contributed by atoms with E-state index < -0.39 is 0 Å². The Labute approximate surface area is 128 Å². The second-order valence-electron chi connectivity index (χ2n) is 5.34. The SMILES string of the molecule is C=C(CC/C=C(\C)CCC=C(C)C)[C@@H](Cl)COC(C)=O. The molecule has 0 aliphatic carbocycles. The molecule has 0 saturated carbocycles. The molecular formula is C17H27ClO2. The van der Waals surface area contributed by atoms with Crippen molar-refractivity contribution in [3.05, 3.63) is 35.5 Å². The summed E-state index contributed by atoms with van der Waals surface area (Å²) in [6.07, 6.45) is 8.44. The van der Waals surface area contributed by atoms with Crippen LogP contribution in [0.2, 0.25) is 0 Å². The molecule has 1 atom stereocenters. The van der Waals surface area contributed by atoms with Crippen molar-refractivity contribution in [2.24, 2.45) is 0 Å². The zero-order chi connectivity index (χ0) is 15.5. The van der Waals surface area contributed by atoms with E-state index in [9.17, 15) is 4.79 Å². The minimum atomic E-state index is -0.307. The van der Waals surface area contributed by atoms with Gasteiger partial charge in [-0.1, -0.05) is 35.5 Å². The van der Waals surface area contributed by atoms with Gasteiger partial charge in [-0.2, -0.15) is 0 Å². The van der Waals surface area contributed by atoms with E-state index in [0.717, 1.165) is 31.3 Å². The van der Waals surface area contributed by atoms with Crippen LogP contribution in [0.3, 0.4) is 0 Å². The topological polar surface area (TPSA) is 26.3 Å². The maximum Gasteiger partial charge on any atom is 0.302 e. The van der Waals surface area contributed by atoms with Crippen molar-refractivity contribution in [1.29, 1.82) is 0 Å². The normalized spacial score (nSPS) is 12.8. The maximum atomic E-state index is 10.7. The van der Waals surface area contributed by atoms with E-state index >= 15 is 0 Å². The predicted octanol–water partition coefficient (Wildman–Crippen LogP) is 5.19. The first-order valence-electron chi connectivity index (χ1n) is 7.07. The Morgan fingerprint density at radius 1 is 1.15 bits per heavy atom. The number of halogens is 1. The average molecular weight is 299 g/mol. The van der Waals surface area contributed by atoms with Crippen molar-refractivity contribution >= 4 is 17.6 Å². The summed E-state index contributed by atoms with van der Waals surface area (Å²) in [4.78, 5) is 10.7. The minimum absolute atomic E-state index is 0.207. The molecule has 3 heteroatoms. The van der Waals surface area contributed by atoms with Crippen molar-refractivity contribution in [2.75, 3.05) is 6.61 Å². The molecule has 0 fully saturated rings. The molecule has 0 saturated heterocycles. The van der Waals surface area contributed by atoms with E-state index in [1.54, 1.807) is 0 Å². The summed E-state index contributed by atoms with van der Waals surface area (Å²) in [5.74, 6) is -0.307.